The second kappa shape index (κ2) is 22.3. The Bertz CT molecular complexity index is 3240. The van der Waals surface area contributed by atoms with Crippen molar-refractivity contribution in [1.29, 1.82) is 0 Å². The van der Waals surface area contributed by atoms with Crippen LogP contribution in [0.4, 0.5) is 36.9 Å². The van der Waals surface area contributed by atoms with Gasteiger partial charge in [0, 0.05) is 70.9 Å². The Hall–Kier alpha value is -6.03. The van der Waals surface area contributed by atoms with Crippen molar-refractivity contribution in [2.45, 2.75) is 161 Å². The van der Waals surface area contributed by atoms with Crippen molar-refractivity contribution in [2.75, 3.05) is 10.6 Å². The van der Waals surface area contributed by atoms with Gasteiger partial charge in [-0.2, -0.15) is 0 Å². The average Bonchev–Trinajstić information content (AvgIpc) is 4.33. The van der Waals surface area contributed by atoms with Crippen LogP contribution < -0.4 is 21.3 Å². The molecule has 16 nitrogen and oxygen atoms in total. The van der Waals surface area contributed by atoms with E-state index in [9.17, 15) is 30.8 Å². The molecule has 0 spiro atoms. The lowest BCUT2D eigenvalue weighted by atomic mass is 9.86. The van der Waals surface area contributed by atoms with Gasteiger partial charge in [-0.1, -0.05) is 12.1 Å². The molecule has 6 aromatic rings. The zero-order valence-electron chi connectivity index (χ0n) is 42.0. The number of nitrogens with one attached hydrogen (secondary N) is 4. The van der Waals surface area contributed by atoms with Crippen LogP contribution in [0.2, 0.25) is 0 Å². The normalized spacial score (nSPS) is 20.5. The molecule has 2 aromatic carbocycles. The summed E-state index contributed by atoms with van der Waals surface area (Å²) in [6.45, 7) is 5.47. The lowest BCUT2D eigenvalue weighted by Crippen LogP contribution is -2.39. The third-order valence-corrected chi connectivity index (χ3v) is 21.1. The van der Waals surface area contributed by atoms with Crippen molar-refractivity contribution >= 4 is 77.4 Å². The maximum absolute atomic E-state index is 13.9. The van der Waals surface area contributed by atoms with E-state index in [-0.39, 0.29) is 45.9 Å². The number of anilines is 4. The maximum Gasteiger partial charge on any atom is 0.407 e. The van der Waals surface area contributed by atoms with Gasteiger partial charge in [0.1, 0.15) is 17.7 Å². The third kappa shape index (κ3) is 12.8. The van der Waals surface area contributed by atoms with Crippen LogP contribution in [0.3, 0.4) is 0 Å². The van der Waals surface area contributed by atoms with Crippen LogP contribution in [-0.4, -0.2) is 83.7 Å². The molecule has 0 bridgehead atoms. The number of rotatable bonds is 18. The van der Waals surface area contributed by atoms with E-state index < -0.39 is 48.2 Å². The zero-order valence-corrected chi connectivity index (χ0v) is 45.2. The van der Waals surface area contributed by atoms with Crippen molar-refractivity contribution < 1.29 is 40.3 Å². The molecule has 4 N–H and O–H groups in total. The molecular weight excluding hydrogens is 1040 g/mol. The molecule has 75 heavy (non-hydrogen) atoms. The fraction of sp³-hybridized carbons (Fsp3) is 0.444. The third-order valence-electron chi connectivity index (χ3n) is 14.1. The molecule has 4 saturated carbocycles. The largest absolute Gasteiger partial charge is 0.447 e. The quantitative estimate of drug-likeness (QED) is 0.0629. The first-order valence-corrected chi connectivity index (χ1v) is 30.5. The van der Waals surface area contributed by atoms with Gasteiger partial charge < -0.3 is 30.7 Å². The van der Waals surface area contributed by atoms with Gasteiger partial charge in [-0.3, -0.25) is 4.98 Å². The Morgan fingerprint density at radius 3 is 1.56 bits per heavy atom. The van der Waals surface area contributed by atoms with E-state index >= 15 is 0 Å². The van der Waals surface area contributed by atoms with Crippen molar-refractivity contribution in [2.24, 2.45) is 0 Å². The van der Waals surface area contributed by atoms with Crippen molar-refractivity contribution in [3.63, 3.8) is 0 Å². The number of carbonyl (C=O) groups is 2. The van der Waals surface area contributed by atoms with Crippen LogP contribution in [0.15, 0.2) is 95.2 Å². The molecule has 2 amide bonds. The summed E-state index contributed by atoms with van der Waals surface area (Å²) in [4.78, 5) is 45.5. The van der Waals surface area contributed by atoms with Crippen LogP contribution in [0.1, 0.15) is 125 Å². The molecule has 10 rings (SSSR count). The van der Waals surface area contributed by atoms with Crippen LogP contribution >= 0.6 is 22.7 Å². The number of thiazole rings is 2. The summed E-state index contributed by atoms with van der Waals surface area (Å²) in [5, 5.41) is 13.5. The predicted molar refractivity (Wildman–Crippen MR) is 288 cm³/mol. The number of aromatic nitrogens is 4. The average molecular weight is 1100 g/mol. The summed E-state index contributed by atoms with van der Waals surface area (Å²) in [6, 6.07) is 17.1. The molecule has 4 heterocycles. The van der Waals surface area contributed by atoms with E-state index in [1.807, 2.05) is 45.0 Å². The summed E-state index contributed by atoms with van der Waals surface area (Å²) < 4.78 is 79.5. The highest BCUT2D eigenvalue weighted by molar-refractivity contribution is 7.92. The van der Waals surface area contributed by atoms with E-state index in [0.29, 0.717) is 66.1 Å². The molecule has 0 aliphatic heterocycles. The Morgan fingerprint density at radius 1 is 0.587 bits per heavy atom. The molecule has 21 heteroatoms. The number of nitrogens with zero attached hydrogens (tertiary/aromatic N) is 4. The molecule has 0 radical (unpaired) electrons. The summed E-state index contributed by atoms with van der Waals surface area (Å²) >= 11 is 3.03. The smallest absolute Gasteiger partial charge is 0.407 e. The minimum atomic E-state index is -3.58. The number of hydrogen-bond donors (Lipinski definition) is 4. The number of pyridine rings is 2. The highest BCUT2D eigenvalue weighted by Crippen LogP contribution is 2.45. The fourth-order valence-corrected chi connectivity index (χ4v) is 16.0. The topological polar surface area (TPSA) is 221 Å². The van der Waals surface area contributed by atoms with Crippen molar-refractivity contribution in [3.8, 4) is 20.9 Å². The number of halogens is 1. The second-order valence-electron chi connectivity index (χ2n) is 20.4. The monoisotopic (exact) mass is 1100 g/mol. The number of ether oxygens (including phenoxy) is 2. The molecule has 0 saturated heterocycles. The van der Waals surface area contributed by atoms with Gasteiger partial charge in [0.05, 0.1) is 64.2 Å². The Morgan fingerprint density at radius 2 is 1.09 bits per heavy atom. The molecule has 4 fully saturated rings. The second-order valence-corrected chi connectivity index (χ2v) is 27.0. The molecule has 1 unspecified atom stereocenters. The zero-order chi connectivity index (χ0) is 52.4. The summed E-state index contributed by atoms with van der Waals surface area (Å²) in [5.41, 5.74) is 3.80. The predicted octanol–water partition coefficient (Wildman–Crippen LogP) is 11.8. The summed E-state index contributed by atoms with van der Waals surface area (Å²) in [7, 11) is -7.16. The van der Waals surface area contributed by atoms with Crippen LogP contribution in [0.25, 0.3) is 20.9 Å². The molecule has 4 aromatic heterocycles. The highest BCUT2D eigenvalue weighted by Gasteiger charge is 2.40. The van der Waals surface area contributed by atoms with Crippen LogP contribution in [0, 0.1) is 5.82 Å². The number of amides is 2. The van der Waals surface area contributed by atoms with Gasteiger partial charge in [0.25, 0.3) is 0 Å². The Balaban J connectivity index is 0.702. The number of benzene rings is 2. The SMILES string of the molecule is CC(C)OC(=O)NC1CCC(c2ncc(-c3ccc(Nc4ccc(CC(C)OC(=O)NC5CCC(c6ncc(-c7ccc(Nc8ccc(F)cn8)cc7S(=O)(=O)C7CC7)s6)CC5)nc4)cc3S(=O)(=O)C3CC3)s2)CC1. The highest BCUT2D eigenvalue weighted by atomic mass is 32.2. The summed E-state index contributed by atoms with van der Waals surface area (Å²) in [5.74, 6) is 0.336. The lowest BCUT2D eigenvalue weighted by Gasteiger charge is -2.28. The van der Waals surface area contributed by atoms with Crippen molar-refractivity contribution in [3.05, 3.63) is 107 Å². The Kier molecular flexibility index (Phi) is 15.6. The van der Waals surface area contributed by atoms with E-state index in [1.54, 1.807) is 42.9 Å². The molecule has 4 aliphatic rings. The molecule has 396 valence electrons. The Labute approximate surface area is 445 Å². The first-order chi connectivity index (χ1) is 36.0. The van der Waals surface area contributed by atoms with Gasteiger partial charge in [0.2, 0.25) is 0 Å². The molecular formula is C54H61FN8O8S4. The molecule has 1 atom stereocenters. The van der Waals surface area contributed by atoms with Gasteiger partial charge in [0.15, 0.2) is 19.7 Å². The standard InChI is InChI=1S/C54H61FN8O8S4/c1-31(2)70-53(64)62-36-9-4-33(5-10-36)51-58-29-46(72-51)44-21-15-39(25-48(44)74(66,67)42-17-18-42)60-41-14-13-38(56-28-41)24-32(3)71-54(65)63-37-11-6-34(7-12-37)52-59-30-47(73-52)45-22-16-40(61-50-23-8-35(55)27-57-50)26-49(45)75(68,69)43-19-20-43/h8,13-16,21-23,25-34,36-37,42-43,60H,4-7,9-12,17-20,24H2,1-3H3,(H,57,61)(H,62,64)(H,63,65). The number of alkyl carbamates (subject to hydrolysis) is 2. The van der Waals surface area contributed by atoms with Crippen LogP contribution in [-0.2, 0) is 35.6 Å². The van der Waals surface area contributed by atoms with Crippen LogP contribution in [0.5, 0.6) is 0 Å². The first-order valence-electron chi connectivity index (χ1n) is 25.8. The van der Waals surface area contributed by atoms with Gasteiger partial charge in [-0.25, -0.2) is 45.8 Å². The fourth-order valence-electron chi connectivity index (χ4n) is 9.88. The lowest BCUT2D eigenvalue weighted by molar-refractivity contribution is 0.101. The molecule has 4 aliphatic carbocycles. The minimum absolute atomic E-state index is 0.0557. The van der Waals surface area contributed by atoms with Crippen molar-refractivity contribution in [1.82, 2.24) is 30.6 Å². The van der Waals surface area contributed by atoms with E-state index in [2.05, 4.69) is 31.2 Å². The van der Waals surface area contributed by atoms with Gasteiger partial charge in [-0.15, -0.1) is 22.7 Å². The van der Waals surface area contributed by atoms with E-state index in [1.165, 1.54) is 34.8 Å². The first kappa shape index (κ1) is 52.4. The van der Waals surface area contributed by atoms with Gasteiger partial charge in [-0.05, 0) is 146 Å². The number of sulfone groups is 2. The minimum Gasteiger partial charge on any atom is -0.447 e. The van der Waals surface area contributed by atoms with E-state index in [0.717, 1.165) is 83.0 Å². The van der Waals surface area contributed by atoms with E-state index in [4.69, 9.17) is 19.4 Å². The summed E-state index contributed by atoms with van der Waals surface area (Å²) in [6.07, 6.45) is 14.2. The number of hydrogen-bond acceptors (Lipinski definition) is 16. The number of carbonyl (C=O) groups excluding carboxylic acids is 2. The maximum atomic E-state index is 13.9. The van der Waals surface area contributed by atoms with Gasteiger partial charge >= 0.3 is 12.2 Å².